The van der Waals surface area contributed by atoms with E-state index in [9.17, 15) is 0 Å². The Hall–Kier alpha value is -1.75. The Labute approximate surface area is 114 Å². The molecule has 0 fully saturated rings. The van der Waals surface area contributed by atoms with Gasteiger partial charge in [-0.1, -0.05) is 6.92 Å². The van der Waals surface area contributed by atoms with Crippen molar-refractivity contribution in [3.8, 4) is 11.5 Å². The first-order valence-corrected chi connectivity index (χ1v) is 6.66. The standard InChI is InChI=1S/C14H21N5/c1-5-7-15-9-12-10(2)16-14(17-11(12)3)13-6-8-19(4)18-13/h6,8,15H,5,7,9H2,1-4H3. The van der Waals surface area contributed by atoms with Crippen LogP contribution in [0.5, 0.6) is 0 Å². The summed E-state index contributed by atoms with van der Waals surface area (Å²) in [4.78, 5) is 9.14. The predicted octanol–water partition coefficient (Wildman–Crippen LogP) is 1.99. The Morgan fingerprint density at radius 1 is 1.21 bits per heavy atom. The molecule has 19 heavy (non-hydrogen) atoms. The van der Waals surface area contributed by atoms with Crippen molar-refractivity contribution in [2.24, 2.45) is 7.05 Å². The van der Waals surface area contributed by atoms with Crippen LogP contribution in [0.1, 0.15) is 30.3 Å². The first-order valence-electron chi connectivity index (χ1n) is 6.66. The zero-order valence-corrected chi connectivity index (χ0v) is 12.1. The van der Waals surface area contributed by atoms with Crippen LogP contribution >= 0.6 is 0 Å². The van der Waals surface area contributed by atoms with Gasteiger partial charge in [0.05, 0.1) is 0 Å². The third-order valence-corrected chi connectivity index (χ3v) is 3.09. The average Bonchev–Trinajstić information content (AvgIpc) is 2.79. The van der Waals surface area contributed by atoms with Crippen molar-refractivity contribution >= 4 is 0 Å². The van der Waals surface area contributed by atoms with Crippen LogP contribution in [0.15, 0.2) is 12.3 Å². The normalized spacial score (nSPS) is 10.9. The molecule has 0 saturated carbocycles. The van der Waals surface area contributed by atoms with Crippen LogP contribution in [0.2, 0.25) is 0 Å². The van der Waals surface area contributed by atoms with Crippen molar-refractivity contribution in [2.75, 3.05) is 6.54 Å². The molecule has 2 rings (SSSR count). The molecule has 0 aliphatic heterocycles. The minimum atomic E-state index is 0.704. The van der Waals surface area contributed by atoms with Gasteiger partial charge >= 0.3 is 0 Å². The lowest BCUT2D eigenvalue weighted by molar-refractivity contribution is 0.665. The van der Waals surface area contributed by atoms with E-state index in [0.717, 1.165) is 36.6 Å². The van der Waals surface area contributed by atoms with Crippen LogP contribution in [-0.4, -0.2) is 26.3 Å². The monoisotopic (exact) mass is 259 g/mol. The molecule has 0 saturated heterocycles. The van der Waals surface area contributed by atoms with E-state index in [1.807, 2.05) is 33.2 Å². The van der Waals surface area contributed by atoms with Crippen molar-refractivity contribution < 1.29 is 0 Å². The highest BCUT2D eigenvalue weighted by Gasteiger charge is 2.11. The maximum atomic E-state index is 4.57. The van der Waals surface area contributed by atoms with E-state index in [1.54, 1.807) is 4.68 Å². The fraction of sp³-hybridized carbons (Fsp3) is 0.500. The minimum absolute atomic E-state index is 0.704. The van der Waals surface area contributed by atoms with Crippen LogP contribution < -0.4 is 5.32 Å². The van der Waals surface area contributed by atoms with Gasteiger partial charge in [0.25, 0.3) is 0 Å². The fourth-order valence-corrected chi connectivity index (χ4v) is 2.03. The lowest BCUT2D eigenvalue weighted by Crippen LogP contribution is -2.17. The summed E-state index contributed by atoms with van der Waals surface area (Å²) in [7, 11) is 1.90. The molecule has 2 aromatic rings. The van der Waals surface area contributed by atoms with Gasteiger partial charge in [-0.25, -0.2) is 9.97 Å². The Morgan fingerprint density at radius 2 is 1.89 bits per heavy atom. The van der Waals surface area contributed by atoms with Gasteiger partial charge in [-0.15, -0.1) is 0 Å². The second-order valence-electron chi connectivity index (χ2n) is 4.75. The smallest absolute Gasteiger partial charge is 0.180 e. The lowest BCUT2D eigenvalue weighted by Gasteiger charge is -2.10. The molecule has 0 aliphatic carbocycles. The molecule has 0 aromatic carbocycles. The van der Waals surface area contributed by atoms with E-state index in [-0.39, 0.29) is 0 Å². The van der Waals surface area contributed by atoms with Crippen LogP contribution in [0.3, 0.4) is 0 Å². The van der Waals surface area contributed by atoms with Crippen molar-refractivity contribution in [1.29, 1.82) is 0 Å². The number of nitrogens with zero attached hydrogens (tertiary/aromatic N) is 4. The molecule has 2 heterocycles. The summed E-state index contributed by atoms with van der Waals surface area (Å²) in [5, 5.41) is 7.74. The van der Waals surface area contributed by atoms with Gasteiger partial charge in [0, 0.05) is 36.7 Å². The van der Waals surface area contributed by atoms with Gasteiger partial charge in [0.15, 0.2) is 5.82 Å². The van der Waals surface area contributed by atoms with Gasteiger partial charge in [-0.05, 0) is 32.9 Å². The molecule has 0 amide bonds. The number of rotatable bonds is 5. The molecule has 5 nitrogen and oxygen atoms in total. The van der Waals surface area contributed by atoms with Crippen molar-refractivity contribution in [3.05, 3.63) is 29.2 Å². The molecule has 1 N–H and O–H groups in total. The molecule has 0 atom stereocenters. The highest BCUT2D eigenvalue weighted by molar-refractivity contribution is 5.49. The molecule has 0 bridgehead atoms. The molecule has 102 valence electrons. The van der Waals surface area contributed by atoms with Crippen LogP contribution in [0.25, 0.3) is 11.5 Å². The average molecular weight is 259 g/mol. The van der Waals surface area contributed by atoms with Gasteiger partial charge in [-0.2, -0.15) is 5.10 Å². The summed E-state index contributed by atoms with van der Waals surface area (Å²) in [6.45, 7) is 8.07. The first-order chi connectivity index (χ1) is 9.11. The summed E-state index contributed by atoms with van der Waals surface area (Å²) in [6.07, 6.45) is 3.03. The summed E-state index contributed by atoms with van der Waals surface area (Å²) in [6, 6.07) is 1.93. The van der Waals surface area contributed by atoms with Crippen molar-refractivity contribution in [3.63, 3.8) is 0 Å². The third-order valence-electron chi connectivity index (χ3n) is 3.09. The molecular weight excluding hydrogens is 238 g/mol. The van der Waals surface area contributed by atoms with E-state index >= 15 is 0 Å². The molecule has 5 heteroatoms. The quantitative estimate of drug-likeness (QED) is 0.834. The summed E-state index contributed by atoms with van der Waals surface area (Å²) in [5.41, 5.74) is 4.06. The molecule has 2 aromatic heterocycles. The maximum Gasteiger partial charge on any atom is 0.180 e. The Bertz CT molecular complexity index is 536. The van der Waals surface area contributed by atoms with Gasteiger partial charge in [0.1, 0.15) is 5.69 Å². The van der Waals surface area contributed by atoms with Crippen molar-refractivity contribution in [1.82, 2.24) is 25.1 Å². The summed E-state index contributed by atoms with van der Waals surface area (Å²) in [5.74, 6) is 0.704. The molecule has 0 aliphatic rings. The number of aryl methyl sites for hydroxylation is 3. The number of aromatic nitrogens is 4. The Balaban J connectivity index is 2.26. The van der Waals surface area contributed by atoms with E-state index in [4.69, 9.17) is 0 Å². The lowest BCUT2D eigenvalue weighted by atomic mass is 10.1. The predicted molar refractivity (Wildman–Crippen MR) is 75.7 cm³/mol. The van der Waals surface area contributed by atoms with E-state index < -0.39 is 0 Å². The largest absolute Gasteiger partial charge is 0.313 e. The van der Waals surface area contributed by atoms with Gasteiger partial charge in [-0.3, -0.25) is 4.68 Å². The second kappa shape index (κ2) is 5.93. The first kappa shape index (κ1) is 13.7. The number of hydrogen-bond acceptors (Lipinski definition) is 4. The van der Waals surface area contributed by atoms with Crippen LogP contribution in [0, 0.1) is 13.8 Å². The zero-order chi connectivity index (χ0) is 13.8. The third kappa shape index (κ3) is 3.17. The number of hydrogen-bond donors (Lipinski definition) is 1. The molecular formula is C14H21N5. The topological polar surface area (TPSA) is 55.6 Å². The summed E-state index contributed by atoms with van der Waals surface area (Å²) >= 11 is 0. The zero-order valence-electron chi connectivity index (χ0n) is 12.1. The number of nitrogens with one attached hydrogen (secondary N) is 1. The van der Waals surface area contributed by atoms with E-state index in [0.29, 0.717) is 5.82 Å². The van der Waals surface area contributed by atoms with Crippen molar-refractivity contribution in [2.45, 2.75) is 33.7 Å². The van der Waals surface area contributed by atoms with Gasteiger partial charge < -0.3 is 5.32 Å². The van der Waals surface area contributed by atoms with Crippen LogP contribution in [0.4, 0.5) is 0 Å². The SMILES string of the molecule is CCCNCc1c(C)nc(-c2ccn(C)n2)nc1C. The Morgan fingerprint density at radius 3 is 2.42 bits per heavy atom. The van der Waals surface area contributed by atoms with E-state index in [1.165, 1.54) is 5.56 Å². The maximum absolute atomic E-state index is 4.57. The fourth-order valence-electron chi connectivity index (χ4n) is 2.03. The van der Waals surface area contributed by atoms with Gasteiger partial charge in [0.2, 0.25) is 0 Å². The van der Waals surface area contributed by atoms with E-state index in [2.05, 4.69) is 27.3 Å². The highest BCUT2D eigenvalue weighted by atomic mass is 15.3. The van der Waals surface area contributed by atoms with Crippen LogP contribution in [-0.2, 0) is 13.6 Å². The Kier molecular flexibility index (Phi) is 4.27. The molecule has 0 radical (unpaired) electrons. The minimum Gasteiger partial charge on any atom is -0.313 e. The summed E-state index contributed by atoms with van der Waals surface area (Å²) < 4.78 is 1.76. The highest BCUT2D eigenvalue weighted by Crippen LogP contribution is 2.16. The molecule has 0 unspecified atom stereocenters. The second-order valence-corrected chi connectivity index (χ2v) is 4.75. The molecule has 0 spiro atoms.